The fourth-order valence-electron chi connectivity index (χ4n) is 1.12. The van der Waals surface area contributed by atoms with Gasteiger partial charge in [0, 0.05) is 6.92 Å². The zero-order valence-corrected chi connectivity index (χ0v) is 7.96. The van der Waals surface area contributed by atoms with Crippen molar-refractivity contribution < 1.29 is 14.3 Å². The molecule has 0 saturated heterocycles. The van der Waals surface area contributed by atoms with Crippen molar-refractivity contribution >= 4 is 5.97 Å². The van der Waals surface area contributed by atoms with Crippen LogP contribution in [0.25, 0.3) is 0 Å². The van der Waals surface area contributed by atoms with Gasteiger partial charge in [0.2, 0.25) is 0 Å². The number of ether oxygens (including phenoxy) is 2. The summed E-state index contributed by atoms with van der Waals surface area (Å²) in [5.74, 6) is 0.733. The molecule has 0 unspecified atom stereocenters. The van der Waals surface area contributed by atoms with Gasteiger partial charge in [0.05, 0.1) is 7.11 Å². The van der Waals surface area contributed by atoms with E-state index in [-0.39, 0.29) is 5.97 Å². The van der Waals surface area contributed by atoms with Crippen molar-refractivity contribution in [3.63, 3.8) is 0 Å². The van der Waals surface area contributed by atoms with Crippen LogP contribution in [0.5, 0.6) is 11.5 Å². The van der Waals surface area contributed by atoms with Crippen molar-refractivity contribution in [1.29, 1.82) is 0 Å². The third-order valence-electron chi connectivity index (χ3n) is 1.63. The third-order valence-corrected chi connectivity index (χ3v) is 1.63. The minimum absolute atomic E-state index is 0.344. The molecule has 1 aromatic rings. The van der Waals surface area contributed by atoms with Crippen LogP contribution in [0.1, 0.15) is 12.5 Å². The maximum absolute atomic E-state index is 10.7. The lowest BCUT2D eigenvalue weighted by atomic mass is 10.2. The Balaban J connectivity index is 3.05. The van der Waals surface area contributed by atoms with Crippen molar-refractivity contribution in [2.45, 2.75) is 13.8 Å². The average Bonchev–Trinajstić information content (AvgIpc) is 2.03. The van der Waals surface area contributed by atoms with Crippen LogP contribution in [-0.2, 0) is 4.79 Å². The number of hydrogen-bond donors (Lipinski definition) is 0. The summed E-state index contributed by atoms with van der Waals surface area (Å²) >= 11 is 0. The fourth-order valence-corrected chi connectivity index (χ4v) is 1.12. The van der Waals surface area contributed by atoms with E-state index < -0.39 is 0 Å². The Morgan fingerprint density at radius 3 is 2.62 bits per heavy atom. The molecule has 0 spiro atoms. The largest absolute Gasteiger partial charge is 0.493 e. The van der Waals surface area contributed by atoms with E-state index in [1.165, 1.54) is 6.92 Å². The molecule has 13 heavy (non-hydrogen) atoms. The lowest BCUT2D eigenvalue weighted by molar-refractivity contribution is -0.132. The number of esters is 1. The fraction of sp³-hybridized carbons (Fsp3) is 0.300. The highest BCUT2D eigenvalue weighted by atomic mass is 16.6. The van der Waals surface area contributed by atoms with Gasteiger partial charge >= 0.3 is 5.97 Å². The van der Waals surface area contributed by atoms with Crippen LogP contribution in [0.3, 0.4) is 0 Å². The molecule has 0 aromatic heterocycles. The van der Waals surface area contributed by atoms with E-state index in [1.54, 1.807) is 13.2 Å². The molecule has 3 heteroatoms. The number of hydrogen-bond acceptors (Lipinski definition) is 3. The SMILES string of the molecule is COc1c(C)cccc1OC(C)=O. The Kier molecular flexibility index (Phi) is 2.90. The van der Waals surface area contributed by atoms with E-state index in [1.807, 2.05) is 19.1 Å². The lowest BCUT2D eigenvalue weighted by Gasteiger charge is -2.09. The highest BCUT2D eigenvalue weighted by Gasteiger charge is 2.07. The molecule has 0 radical (unpaired) electrons. The summed E-state index contributed by atoms with van der Waals surface area (Å²) in [5.41, 5.74) is 0.946. The van der Waals surface area contributed by atoms with Gasteiger partial charge in [-0.3, -0.25) is 4.79 Å². The highest BCUT2D eigenvalue weighted by molar-refractivity contribution is 5.70. The van der Waals surface area contributed by atoms with Crippen LogP contribution in [-0.4, -0.2) is 13.1 Å². The van der Waals surface area contributed by atoms with Crippen molar-refractivity contribution in [1.82, 2.24) is 0 Å². The summed E-state index contributed by atoms with van der Waals surface area (Å²) in [5, 5.41) is 0. The van der Waals surface area contributed by atoms with Crippen molar-refractivity contribution in [2.75, 3.05) is 7.11 Å². The number of carbonyl (C=O) groups excluding carboxylic acids is 1. The van der Waals surface area contributed by atoms with E-state index >= 15 is 0 Å². The Labute approximate surface area is 77.3 Å². The number of benzene rings is 1. The highest BCUT2D eigenvalue weighted by Crippen LogP contribution is 2.30. The molecule has 0 aliphatic heterocycles. The van der Waals surface area contributed by atoms with Gasteiger partial charge < -0.3 is 9.47 Å². The molecule has 0 heterocycles. The second-order valence-electron chi connectivity index (χ2n) is 2.70. The second kappa shape index (κ2) is 3.94. The van der Waals surface area contributed by atoms with E-state index in [9.17, 15) is 4.79 Å². The van der Waals surface area contributed by atoms with Crippen LogP contribution < -0.4 is 9.47 Å². The predicted octanol–water partition coefficient (Wildman–Crippen LogP) is 1.93. The molecular formula is C10H12O3. The van der Waals surface area contributed by atoms with Crippen molar-refractivity contribution in [3.8, 4) is 11.5 Å². The van der Waals surface area contributed by atoms with E-state index in [0.717, 1.165) is 5.56 Å². The summed E-state index contributed by atoms with van der Waals surface area (Å²) in [7, 11) is 1.55. The minimum Gasteiger partial charge on any atom is -0.493 e. The van der Waals surface area contributed by atoms with Gasteiger partial charge in [-0.15, -0.1) is 0 Å². The molecule has 0 atom stereocenters. The first-order valence-electron chi connectivity index (χ1n) is 3.97. The lowest BCUT2D eigenvalue weighted by Crippen LogP contribution is -2.03. The van der Waals surface area contributed by atoms with Crippen LogP contribution in [0, 0.1) is 6.92 Å². The van der Waals surface area contributed by atoms with Gasteiger partial charge in [-0.2, -0.15) is 0 Å². The Morgan fingerprint density at radius 1 is 1.38 bits per heavy atom. The molecule has 0 N–H and O–H groups in total. The number of aryl methyl sites for hydroxylation is 1. The Hall–Kier alpha value is -1.51. The van der Waals surface area contributed by atoms with Crippen molar-refractivity contribution in [3.05, 3.63) is 23.8 Å². The number of carbonyl (C=O) groups is 1. The zero-order valence-electron chi connectivity index (χ0n) is 7.96. The molecule has 70 valence electrons. The third kappa shape index (κ3) is 2.21. The molecule has 0 amide bonds. The first-order chi connectivity index (χ1) is 6.15. The van der Waals surface area contributed by atoms with E-state index in [0.29, 0.717) is 11.5 Å². The van der Waals surface area contributed by atoms with E-state index in [4.69, 9.17) is 9.47 Å². The van der Waals surface area contributed by atoms with Crippen LogP contribution >= 0.6 is 0 Å². The normalized spacial score (nSPS) is 9.46. The predicted molar refractivity (Wildman–Crippen MR) is 49.0 cm³/mol. The molecule has 0 aliphatic carbocycles. The van der Waals surface area contributed by atoms with E-state index in [2.05, 4.69) is 0 Å². The van der Waals surface area contributed by atoms with Gasteiger partial charge in [-0.05, 0) is 18.6 Å². The molecule has 1 rings (SSSR count). The summed E-state index contributed by atoms with van der Waals surface area (Å²) in [4.78, 5) is 10.7. The van der Waals surface area contributed by atoms with Gasteiger partial charge in [0.15, 0.2) is 11.5 Å². The Bertz CT molecular complexity index is 318. The summed E-state index contributed by atoms with van der Waals surface area (Å²) in [6.07, 6.45) is 0. The average molecular weight is 180 g/mol. The quantitative estimate of drug-likeness (QED) is 0.515. The first-order valence-corrected chi connectivity index (χ1v) is 3.97. The summed E-state index contributed by atoms with van der Waals surface area (Å²) < 4.78 is 10.1. The minimum atomic E-state index is -0.344. The van der Waals surface area contributed by atoms with Crippen LogP contribution in [0.15, 0.2) is 18.2 Å². The summed E-state index contributed by atoms with van der Waals surface area (Å²) in [6.45, 7) is 3.26. The van der Waals surface area contributed by atoms with Crippen molar-refractivity contribution in [2.24, 2.45) is 0 Å². The molecule has 0 fully saturated rings. The molecular weight excluding hydrogens is 168 g/mol. The van der Waals surface area contributed by atoms with Gasteiger partial charge in [0.1, 0.15) is 0 Å². The number of rotatable bonds is 2. The molecule has 1 aromatic carbocycles. The number of methoxy groups -OCH3 is 1. The van der Waals surface area contributed by atoms with Gasteiger partial charge in [0.25, 0.3) is 0 Å². The van der Waals surface area contributed by atoms with Gasteiger partial charge in [-0.1, -0.05) is 12.1 Å². The maximum Gasteiger partial charge on any atom is 0.308 e. The molecule has 3 nitrogen and oxygen atoms in total. The monoisotopic (exact) mass is 180 g/mol. The standard InChI is InChI=1S/C10H12O3/c1-7-5-4-6-9(10(7)12-3)13-8(2)11/h4-6H,1-3H3. The van der Waals surface area contributed by atoms with Crippen LogP contribution in [0.4, 0.5) is 0 Å². The molecule has 0 aliphatic rings. The number of para-hydroxylation sites is 1. The van der Waals surface area contributed by atoms with Crippen LogP contribution in [0.2, 0.25) is 0 Å². The maximum atomic E-state index is 10.7. The van der Waals surface area contributed by atoms with Gasteiger partial charge in [-0.25, -0.2) is 0 Å². The Morgan fingerprint density at radius 2 is 2.08 bits per heavy atom. The zero-order chi connectivity index (χ0) is 9.84. The molecule has 0 bridgehead atoms. The summed E-state index contributed by atoms with van der Waals surface area (Å²) in [6, 6.07) is 5.41. The smallest absolute Gasteiger partial charge is 0.308 e. The topological polar surface area (TPSA) is 35.5 Å². The second-order valence-corrected chi connectivity index (χ2v) is 2.70. The molecule has 0 saturated carbocycles. The first kappa shape index (κ1) is 9.58.